The third-order valence-electron chi connectivity index (χ3n) is 2.72. The van der Waals surface area contributed by atoms with E-state index in [9.17, 15) is 9.18 Å². The van der Waals surface area contributed by atoms with Gasteiger partial charge >= 0.3 is 0 Å². The minimum absolute atomic E-state index is 0.338. The Labute approximate surface area is 103 Å². The molecule has 1 unspecified atom stereocenters. The Balaban J connectivity index is 2.36. The molecule has 0 fully saturated rings. The zero-order chi connectivity index (χ0) is 13.1. The average Bonchev–Trinajstić information content (AvgIpc) is 2.78. The Hall–Kier alpha value is -2.41. The molecule has 0 aliphatic carbocycles. The fourth-order valence-electron chi connectivity index (χ4n) is 1.74. The summed E-state index contributed by atoms with van der Waals surface area (Å²) in [4.78, 5) is 12.2. The van der Waals surface area contributed by atoms with E-state index in [1.54, 1.807) is 6.92 Å². The van der Waals surface area contributed by atoms with E-state index in [4.69, 9.17) is 9.68 Å². The predicted molar refractivity (Wildman–Crippen MR) is 62.5 cm³/mol. The van der Waals surface area contributed by atoms with E-state index in [2.05, 4.69) is 0 Å². The van der Waals surface area contributed by atoms with Crippen LogP contribution in [-0.2, 0) is 0 Å². The monoisotopic (exact) mass is 243 g/mol. The van der Waals surface area contributed by atoms with Crippen LogP contribution in [0.2, 0.25) is 0 Å². The van der Waals surface area contributed by atoms with E-state index in [0.717, 1.165) is 0 Å². The summed E-state index contributed by atoms with van der Waals surface area (Å²) in [5, 5.41) is 9.11. The minimum Gasteiger partial charge on any atom is -0.469 e. The quantitative estimate of drug-likeness (QED) is 0.778. The van der Waals surface area contributed by atoms with Crippen LogP contribution >= 0.6 is 0 Å². The van der Waals surface area contributed by atoms with Crippen LogP contribution in [0, 0.1) is 24.1 Å². The van der Waals surface area contributed by atoms with Gasteiger partial charge < -0.3 is 4.42 Å². The molecule has 90 valence electrons. The number of nitriles is 1. The summed E-state index contributed by atoms with van der Waals surface area (Å²) in [6.07, 6.45) is 1.40. The van der Waals surface area contributed by atoms with Crippen molar-refractivity contribution in [1.29, 1.82) is 5.26 Å². The molecule has 2 aromatic rings. The largest absolute Gasteiger partial charge is 0.469 e. The normalized spacial score (nSPS) is 11.8. The van der Waals surface area contributed by atoms with Crippen LogP contribution < -0.4 is 0 Å². The van der Waals surface area contributed by atoms with Gasteiger partial charge in [0.2, 0.25) is 0 Å². The molecule has 1 aromatic heterocycles. The molecule has 3 nitrogen and oxygen atoms in total. The van der Waals surface area contributed by atoms with Gasteiger partial charge in [-0.05, 0) is 30.7 Å². The van der Waals surface area contributed by atoms with Crippen molar-refractivity contribution in [1.82, 2.24) is 0 Å². The van der Waals surface area contributed by atoms with Crippen LogP contribution in [0.5, 0.6) is 0 Å². The molecule has 1 heterocycles. The summed E-state index contributed by atoms with van der Waals surface area (Å²) in [6, 6.07) is 8.82. The van der Waals surface area contributed by atoms with Crippen molar-refractivity contribution in [3.63, 3.8) is 0 Å². The van der Waals surface area contributed by atoms with Gasteiger partial charge in [-0.2, -0.15) is 5.26 Å². The highest BCUT2D eigenvalue weighted by Gasteiger charge is 2.24. The molecule has 0 N–H and O–H groups in total. The lowest BCUT2D eigenvalue weighted by Crippen LogP contribution is -2.11. The van der Waals surface area contributed by atoms with Crippen molar-refractivity contribution in [2.24, 2.45) is 0 Å². The molecule has 0 aliphatic rings. The molecular weight excluding hydrogens is 233 g/mol. The Morgan fingerprint density at radius 1 is 1.33 bits per heavy atom. The third-order valence-corrected chi connectivity index (χ3v) is 2.72. The second-order valence-corrected chi connectivity index (χ2v) is 3.87. The van der Waals surface area contributed by atoms with Gasteiger partial charge in [0.1, 0.15) is 17.5 Å². The molecule has 2 rings (SSSR count). The van der Waals surface area contributed by atoms with Crippen LogP contribution in [0.3, 0.4) is 0 Å². The van der Waals surface area contributed by atoms with Crippen molar-refractivity contribution < 1.29 is 13.6 Å². The van der Waals surface area contributed by atoms with Gasteiger partial charge in [0, 0.05) is 0 Å². The fourth-order valence-corrected chi connectivity index (χ4v) is 1.74. The Bertz CT molecular complexity index is 607. The van der Waals surface area contributed by atoms with Crippen molar-refractivity contribution in [2.75, 3.05) is 0 Å². The molecule has 0 spiro atoms. The lowest BCUT2D eigenvalue weighted by atomic mass is 9.92. The molecule has 1 aromatic carbocycles. The van der Waals surface area contributed by atoms with Gasteiger partial charge in [0.05, 0.1) is 17.9 Å². The molecule has 0 aliphatic heterocycles. The standard InChI is InChI=1S/C14H10FNO2/c1-9-12(6-7-18-9)14(17)13(8-16)10-2-4-11(15)5-3-10/h2-7,13H,1H3. The Kier molecular flexibility index (Phi) is 3.24. The van der Waals surface area contributed by atoms with E-state index >= 15 is 0 Å². The van der Waals surface area contributed by atoms with Crippen LogP contribution in [0.15, 0.2) is 41.0 Å². The molecule has 0 amide bonds. The highest BCUT2D eigenvalue weighted by atomic mass is 19.1. The summed E-state index contributed by atoms with van der Waals surface area (Å²) in [6.45, 7) is 1.66. The number of aryl methyl sites for hydroxylation is 1. The topological polar surface area (TPSA) is 54.0 Å². The molecule has 18 heavy (non-hydrogen) atoms. The second kappa shape index (κ2) is 4.84. The molecular formula is C14H10FNO2. The lowest BCUT2D eigenvalue weighted by molar-refractivity contribution is 0.0977. The maximum absolute atomic E-state index is 12.8. The van der Waals surface area contributed by atoms with Gasteiger partial charge in [0.25, 0.3) is 0 Å². The lowest BCUT2D eigenvalue weighted by Gasteiger charge is -2.07. The summed E-state index contributed by atoms with van der Waals surface area (Å²) in [7, 11) is 0. The van der Waals surface area contributed by atoms with Crippen molar-refractivity contribution >= 4 is 5.78 Å². The summed E-state index contributed by atoms with van der Waals surface area (Å²) < 4.78 is 17.9. The summed E-state index contributed by atoms with van der Waals surface area (Å²) in [5.74, 6) is -1.21. The molecule has 0 saturated heterocycles. The molecule has 4 heteroatoms. The molecule has 0 bridgehead atoms. The van der Waals surface area contributed by atoms with E-state index in [1.165, 1.54) is 36.6 Å². The van der Waals surface area contributed by atoms with E-state index in [-0.39, 0.29) is 5.78 Å². The van der Waals surface area contributed by atoms with Crippen molar-refractivity contribution in [3.8, 4) is 6.07 Å². The fraction of sp³-hybridized carbons (Fsp3) is 0.143. The number of hydrogen-bond donors (Lipinski definition) is 0. The first-order valence-electron chi connectivity index (χ1n) is 5.37. The maximum Gasteiger partial charge on any atom is 0.187 e. The summed E-state index contributed by atoms with van der Waals surface area (Å²) in [5.41, 5.74) is 0.857. The van der Waals surface area contributed by atoms with Crippen molar-refractivity contribution in [3.05, 3.63) is 59.3 Å². The molecule has 0 saturated carbocycles. The number of rotatable bonds is 3. The van der Waals surface area contributed by atoms with Gasteiger partial charge in [-0.1, -0.05) is 12.1 Å². The summed E-state index contributed by atoms with van der Waals surface area (Å²) >= 11 is 0. The molecule has 1 atom stereocenters. The number of nitrogens with zero attached hydrogens (tertiary/aromatic N) is 1. The number of furan rings is 1. The Morgan fingerprint density at radius 3 is 2.50 bits per heavy atom. The van der Waals surface area contributed by atoms with Crippen LogP contribution in [-0.4, -0.2) is 5.78 Å². The zero-order valence-corrected chi connectivity index (χ0v) is 9.68. The second-order valence-electron chi connectivity index (χ2n) is 3.87. The van der Waals surface area contributed by atoms with Gasteiger partial charge in [-0.15, -0.1) is 0 Å². The maximum atomic E-state index is 12.8. The van der Waals surface area contributed by atoms with Crippen LogP contribution in [0.25, 0.3) is 0 Å². The smallest absolute Gasteiger partial charge is 0.187 e. The zero-order valence-electron chi connectivity index (χ0n) is 9.68. The number of halogens is 1. The first-order valence-corrected chi connectivity index (χ1v) is 5.37. The van der Waals surface area contributed by atoms with E-state index < -0.39 is 11.7 Å². The SMILES string of the molecule is Cc1occc1C(=O)C(C#N)c1ccc(F)cc1. The number of carbonyl (C=O) groups is 1. The van der Waals surface area contributed by atoms with E-state index in [0.29, 0.717) is 16.9 Å². The average molecular weight is 243 g/mol. The number of benzene rings is 1. The van der Waals surface area contributed by atoms with Gasteiger partial charge in [-0.3, -0.25) is 4.79 Å². The third kappa shape index (κ3) is 2.16. The van der Waals surface area contributed by atoms with Gasteiger partial charge in [0.15, 0.2) is 5.78 Å². The number of hydrogen-bond acceptors (Lipinski definition) is 3. The highest BCUT2D eigenvalue weighted by molar-refractivity contribution is 6.03. The van der Waals surface area contributed by atoms with Crippen molar-refractivity contribution in [2.45, 2.75) is 12.8 Å². The number of carbonyl (C=O) groups excluding carboxylic acids is 1. The predicted octanol–water partition coefficient (Wildman–Crippen LogP) is 3.22. The first-order chi connectivity index (χ1) is 8.63. The van der Waals surface area contributed by atoms with E-state index in [1.807, 2.05) is 6.07 Å². The van der Waals surface area contributed by atoms with Crippen LogP contribution in [0.4, 0.5) is 4.39 Å². The van der Waals surface area contributed by atoms with Gasteiger partial charge in [-0.25, -0.2) is 4.39 Å². The first kappa shape index (κ1) is 12.1. The number of Topliss-reactive ketones (excluding diaryl/α,β-unsaturated/α-hetero) is 1. The minimum atomic E-state index is -0.943. The molecule has 0 radical (unpaired) electrons. The van der Waals surface area contributed by atoms with Crippen LogP contribution in [0.1, 0.15) is 27.6 Å². The Morgan fingerprint density at radius 2 is 2.00 bits per heavy atom. The highest BCUT2D eigenvalue weighted by Crippen LogP contribution is 2.23. The number of ketones is 1.